The Bertz CT molecular complexity index is 841. The van der Waals surface area contributed by atoms with E-state index in [-0.39, 0.29) is 0 Å². The first kappa shape index (κ1) is 13.7. The number of nitrogens with zero attached hydrogens (tertiary/aromatic N) is 4. The lowest BCUT2D eigenvalue weighted by molar-refractivity contribution is 0.240. The van der Waals surface area contributed by atoms with Crippen LogP contribution in [0.5, 0.6) is 0 Å². The largest absolute Gasteiger partial charge is 0.335 e. The highest BCUT2D eigenvalue weighted by molar-refractivity contribution is 7.18. The number of fused-ring (bicyclic) bond motifs is 2. The van der Waals surface area contributed by atoms with Gasteiger partial charge in [-0.3, -0.25) is 4.90 Å². The molecule has 1 saturated carbocycles. The van der Waals surface area contributed by atoms with Gasteiger partial charge in [0.1, 0.15) is 10.8 Å². The molecule has 118 valence electrons. The van der Waals surface area contributed by atoms with Crippen LogP contribution in [0.25, 0.3) is 10.2 Å². The first-order valence-corrected chi connectivity index (χ1v) is 9.21. The standard InChI is InChI=1S/C18H20N4S/c1-21-15-8-9-22(10-14(15)20-18(21)12-6-7-12)11-17-19-13-4-2-3-5-16(13)23-17/h2-5,12H,6-11H2,1H3. The zero-order valence-electron chi connectivity index (χ0n) is 13.3. The van der Waals surface area contributed by atoms with Gasteiger partial charge >= 0.3 is 0 Å². The minimum Gasteiger partial charge on any atom is -0.335 e. The van der Waals surface area contributed by atoms with Gasteiger partial charge in [0.05, 0.1) is 22.5 Å². The predicted octanol–water partition coefficient (Wildman–Crippen LogP) is 3.47. The van der Waals surface area contributed by atoms with Crippen LogP contribution >= 0.6 is 11.3 Å². The second-order valence-corrected chi connectivity index (χ2v) is 7.85. The first-order chi connectivity index (χ1) is 11.3. The molecule has 0 bridgehead atoms. The molecule has 23 heavy (non-hydrogen) atoms. The molecule has 0 atom stereocenters. The molecule has 4 nitrogen and oxygen atoms in total. The van der Waals surface area contributed by atoms with Crippen LogP contribution in [-0.4, -0.2) is 26.0 Å². The van der Waals surface area contributed by atoms with Gasteiger partial charge in [0.15, 0.2) is 0 Å². The number of benzene rings is 1. The highest BCUT2D eigenvalue weighted by Gasteiger charge is 2.31. The third-order valence-corrected chi connectivity index (χ3v) is 6.03. The molecular formula is C18H20N4S. The van der Waals surface area contributed by atoms with Gasteiger partial charge in [-0.1, -0.05) is 12.1 Å². The lowest BCUT2D eigenvalue weighted by atomic mass is 10.1. The SMILES string of the molecule is Cn1c(C2CC2)nc2c1CCN(Cc1nc3ccccc3s1)C2. The fourth-order valence-corrected chi connectivity index (χ4v) is 4.63. The summed E-state index contributed by atoms with van der Waals surface area (Å²) in [4.78, 5) is 12.2. The molecule has 1 aliphatic heterocycles. The smallest absolute Gasteiger partial charge is 0.112 e. The van der Waals surface area contributed by atoms with Crippen molar-refractivity contribution >= 4 is 21.6 Å². The summed E-state index contributed by atoms with van der Waals surface area (Å²) < 4.78 is 3.65. The molecule has 0 spiro atoms. The molecule has 0 N–H and O–H groups in total. The molecule has 1 aromatic carbocycles. The second-order valence-electron chi connectivity index (χ2n) is 6.73. The average molecular weight is 324 g/mol. The van der Waals surface area contributed by atoms with E-state index in [2.05, 4.69) is 40.8 Å². The van der Waals surface area contributed by atoms with Crippen LogP contribution in [0.3, 0.4) is 0 Å². The average Bonchev–Trinajstić information content (AvgIpc) is 3.24. The fraction of sp³-hybridized carbons (Fsp3) is 0.444. The van der Waals surface area contributed by atoms with Gasteiger partial charge in [-0.15, -0.1) is 11.3 Å². The van der Waals surface area contributed by atoms with E-state index >= 15 is 0 Å². The summed E-state index contributed by atoms with van der Waals surface area (Å²) in [6.07, 6.45) is 3.74. The Hall–Kier alpha value is -1.72. The minimum atomic E-state index is 0.725. The molecule has 0 unspecified atom stereocenters. The molecule has 2 aliphatic rings. The third-order valence-electron chi connectivity index (χ3n) is 5.01. The zero-order chi connectivity index (χ0) is 15.4. The van der Waals surface area contributed by atoms with E-state index in [9.17, 15) is 0 Å². The number of para-hydroxylation sites is 1. The van der Waals surface area contributed by atoms with Crippen LogP contribution < -0.4 is 0 Å². The molecule has 0 radical (unpaired) electrons. The topological polar surface area (TPSA) is 34.0 Å². The molecule has 0 amide bonds. The lowest BCUT2D eigenvalue weighted by Crippen LogP contribution is -2.30. The third kappa shape index (κ3) is 2.39. The molecule has 1 fully saturated rings. The van der Waals surface area contributed by atoms with Crippen LogP contribution in [0.1, 0.15) is 41.0 Å². The Balaban J connectivity index is 1.37. The Morgan fingerprint density at radius 1 is 1.22 bits per heavy atom. The number of thiazole rings is 1. The normalized spacial score (nSPS) is 18.5. The molecule has 3 aromatic rings. The van der Waals surface area contributed by atoms with Gasteiger partial charge < -0.3 is 4.57 Å². The maximum atomic E-state index is 4.95. The highest BCUT2D eigenvalue weighted by atomic mass is 32.1. The van der Waals surface area contributed by atoms with Gasteiger partial charge in [0, 0.05) is 38.2 Å². The van der Waals surface area contributed by atoms with E-state index in [0.717, 1.165) is 37.5 Å². The molecule has 5 heteroatoms. The van der Waals surface area contributed by atoms with Crippen molar-refractivity contribution in [2.24, 2.45) is 7.05 Å². The van der Waals surface area contributed by atoms with E-state index < -0.39 is 0 Å². The molecule has 0 saturated heterocycles. The fourth-order valence-electron chi connectivity index (χ4n) is 3.62. The summed E-state index contributed by atoms with van der Waals surface area (Å²) in [5.41, 5.74) is 3.87. The number of hydrogen-bond acceptors (Lipinski definition) is 4. The molecule has 3 heterocycles. The molecular weight excluding hydrogens is 304 g/mol. The van der Waals surface area contributed by atoms with E-state index in [1.165, 1.54) is 39.8 Å². The summed E-state index contributed by atoms with van der Waals surface area (Å²) in [6, 6.07) is 8.41. The number of imidazole rings is 1. The molecule has 5 rings (SSSR count). The molecule has 1 aliphatic carbocycles. The van der Waals surface area contributed by atoms with Gasteiger partial charge in [-0.05, 0) is 25.0 Å². The van der Waals surface area contributed by atoms with Crippen LogP contribution in [-0.2, 0) is 26.6 Å². The minimum absolute atomic E-state index is 0.725. The maximum Gasteiger partial charge on any atom is 0.112 e. The van der Waals surface area contributed by atoms with Crippen molar-refractivity contribution in [2.45, 2.75) is 38.3 Å². The van der Waals surface area contributed by atoms with Crippen LogP contribution in [0.15, 0.2) is 24.3 Å². The monoisotopic (exact) mass is 324 g/mol. The predicted molar refractivity (Wildman–Crippen MR) is 92.6 cm³/mol. The van der Waals surface area contributed by atoms with Gasteiger partial charge in [-0.25, -0.2) is 9.97 Å². The van der Waals surface area contributed by atoms with Crippen molar-refractivity contribution in [1.82, 2.24) is 19.4 Å². The number of rotatable bonds is 3. The van der Waals surface area contributed by atoms with E-state index in [1.807, 2.05) is 11.3 Å². The Morgan fingerprint density at radius 2 is 2.09 bits per heavy atom. The van der Waals surface area contributed by atoms with Gasteiger partial charge in [0.25, 0.3) is 0 Å². The Morgan fingerprint density at radius 3 is 2.91 bits per heavy atom. The van der Waals surface area contributed by atoms with Crippen molar-refractivity contribution in [3.8, 4) is 0 Å². The number of hydrogen-bond donors (Lipinski definition) is 0. The van der Waals surface area contributed by atoms with Crippen LogP contribution in [0, 0.1) is 0 Å². The summed E-state index contributed by atoms with van der Waals surface area (Å²) in [6.45, 7) is 3.01. The number of aromatic nitrogens is 3. The Labute approximate surface area is 139 Å². The van der Waals surface area contributed by atoms with E-state index in [4.69, 9.17) is 9.97 Å². The second kappa shape index (κ2) is 5.14. The van der Waals surface area contributed by atoms with E-state index in [1.54, 1.807) is 0 Å². The van der Waals surface area contributed by atoms with Crippen molar-refractivity contribution < 1.29 is 0 Å². The summed E-state index contributed by atoms with van der Waals surface area (Å²) in [5, 5.41) is 1.22. The maximum absolute atomic E-state index is 4.95. The van der Waals surface area contributed by atoms with Crippen LogP contribution in [0.4, 0.5) is 0 Å². The summed E-state index contributed by atoms with van der Waals surface area (Å²) in [7, 11) is 2.20. The zero-order valence-corrected chi connectivity index (χ0v) is 14.1. The quantitative estimate of drug-likeness (QED) is 0.740. The summed E-state index contributed by atoms with van der Waals surface area (Å²) >= 11 is 1.82. The molecule has 2 aromatic heterocycles. The van der Waals surface area contributed by atoms with Crippen LogP contribution in [0.2, 0.25) is 0 Å². The van der Waals surface area contributed by atoms with Gasteiger partial charge in [0.2, 0.25) is 0 Å². The first-order valence-electron chi connectivity index (χ1n) is 8.39. The van der Waals surface area contributed by atoms with Crippen molar-refractivity contribution in [3.05, 3.63) is 46.5 Å². The lowest BCUT2D eigenvalue weighted by Gasteiger charge is -2.25. The van der Waals surface area contributed by atoms with Crippen molar-refractivity contribution in [1.29, 1.82) is 0 Å². The van der Waals surface area contributed by atoms with Crippen molar-refractivity contribution in [2.75, 3.05) is 6.54 Å². The summed E-state index contributed by atoms with van der Waals surface area (Å²) in [5.74, 6) is 2.04. The Kier molecular flexibility index (Phi) is 3.06. The van der Waals surface area contributed by atoms with Gasteiger partial charge in [-0.2, -0.15) is 0 Å². The van der Waals surface area contributed by atoms with E-state index in [0.29, 0.717) is 0 Å². The van der Waals surface area contributed by atoms with Crippen molar-refractivity contribution in [3.63, 3.8) is 0 Å². The highest BCUT2D eigenvalue weighted by Crippen LogP contribution is 2.40.